The molecular weight excluding hydrogens is 968 g/mol. The molecule has 9 aromatic carbocycles. The molecule has 4 nitrogen and oxygen atoms in total. The van der Waals surface area contributed by atoms with Gasteiger partial charge in [0.2, 0.25) is 6.71 Å². The topological polar surface area (TPSA) is 18.0 Å². The number of hydrogen-bond acceptors (Lipinski definition) is 1. The summed E-state index contributed by atoms with van der Waals surface area (Å²) < 4.78 is 7.86. The molecule has 3 aromatic heterocycles. The summed E-state index contributed by atoms with van der Waals surface area (Å²) in [5.74, 6) is 0. The molecule has 15 rings (SSSR count). The largest absolute Gasteiger partial charge is 0.311 e. The number of anilines is 2. The van der Waals surface area contributed by atoms with Crippen LogP contribution in [-0.2, 0) is 27.1 Å². The zero-order valence-electron chi connectivity index (χ0n) is 49.1. The van der Waals surface area contributed by atoms with Crippen LogP contribution in [0.3, 0.4) is 0 Å². The lowest BCUT2D eigenvalue weighted by molar-refractivity contribution is 0.588. The van der Waals surface area contributed by atoms with E-state index in [0.29, 0.717) is 0 Å². The molecule has 0 saturated carbocycles. The monoisotopic (exact) mass is 1040 g/mol. The van der Waals surface area contributed by atoms with Crippen molar-refractivity contribution in [1.82, 2.24) is 13.7 Å². The van der Waals surface area contributed by atoms with Gasteiger partial charge >= 0.3 is 0 Å². The van der Waals surface area contributed by atoms with Crippen LogP contribution in [0.25, 0.3) is 88.2 Å². The van der Waals surface area contributed by atoms with Gasteiger partial charge in [-0.15, -0.1) is 0 Å². The number of nitrogens with zero attached hydrogens (tertiary/aromatic N) is 4. The number of para-hydroxylation sites is 3. The van der Waals surface area contributed by atoms with Crippen molar-refractivity contribution in [2.45, 2.75) is 124 Å². The number of rotatable bonds is 3. The predicted molar refractivity (Wildman–Crippen MR) is 344 cm³/mol. The Morgan fingerprint density at radius 1 is 0.362 bits per heavy atom. The first-order chi connectivity index (χ1) is 38.0. The average molecular weight is 1040 g/mol. The van der Waals surface area contributed by atoms with E-state index in [1.54, 1.807) is 0 Å². The fourth-order valence-corrected chi connectivity index (χ4v) is 14.6. The lowest BCUT2D eigenvalue weighted by Gasteiger charge is -2.43. The Morgan fingerprint density at radius 3 is 1.51 bits per heavy atom. The predicted octanol–water partition coefficient (Wildman–Crippen LogP) is 18.5. The average Bonchev–Trinajstić information content (AvgIpc) is 2.20. The Kier molecular flexibility index (Phi) is 9.87. The number of aromatic nitrogens is 3. The molecule has 5 heteroatoms. The smallest absolute Gasteiger partial charge is 0.248 e. The van der Waals surface area contributed by atoms with E-state index in [1.807, 2.05) is 0 Å². The van der Waals surface area contributed by atoms with Crippen molar-refractivity contribution in [3.05, 3.63) is 215 Å². The summed E-state index contributed by atoms with van der Waals surface area (Å²) in [7, 11) is 0. The molecular formula is C75H71BN4. The van der Waals surface area contributed by atoms with Crippen LogP contribution >= 0.6 is 0 Å². The van der Waals surface area contributed by atoms with Gasteiger partial charge in [0.05, 0.1) is 33.3 Å². The minimum Gasteiger partial charge on any atom is -0.311 e. The van der Waals surface area contributed by atoms with Gasteiger partial charge in [0.25, 0.3) is 0 Å². The first-order valence-electron chi connectivity index (χ1n) is 29.1. The van der Waals surface area contributed by atoms with Crippen LogP contribution in [0.5, 0.6) is 0 Å². The van der Waals surface area contributed by atoms with E-state index in [4.69, 9.17) is 0 Å². The molecule has 1 aliphatic carbocycles. The first-order valence-corrected chi connectivity index (χ1v) is 29.1. The minimum atomic E-state index is -0.311. The Balaban J connectivity index is 1.16. The second-order valence-electron chi connectivity index (χ2n) is 28.3. The Labute approximate surface area is 472 Å². The molecule has 0 fully saturated rings. The van der Waals surface area contributed by atoms with E-state index in [1.165, 1.54) is 138 Å². The third-order valence-electron chi connectivity index (χ3n) is 18.8. The number of fused-ring (bicyclic) bond motifs is 15. The van der Waals surface area contributed by atoms with Gasteiger partial charge in [0.1, 0.15) is 0 Å². The van der Waals surface area contributed by atoms with Gasteiger partial charge in [-0.25, -0.2) is 0 Å². The number of benzene rings is 9. The summed E-state index contributed by atoms with van der Waals surface area (Å²) in [6.07, 6.45) is 0. The van der Waals surface area contributed by atoms with Gasteiger partial charge in [-0.05, 0) is 133 Å². The van der Waals surface area contributed by atoms with Crippen molar-refractivity contribution in [1.29, 1.82) is 0 Å². The maximum absolute atomic E-state index is 2.72. The SMILES string of the molecule is CC(C)(C)c1ccc(N2C3=C(B4c5c2cc(-n2c6ccc(C(C)(C)C)cc6c6cc(C(C)(C)C)ccc62)cc5-n2c5c4cccc5c4ccc5c6ccccc6n(-c6ccccc6)c5c42)C(C)(C)c2ccc(C(C)(C)C)cc23)cc1. The maximum Gasteiger partial charge on any atom is 0.248 e. The van der Waals surface area contributed by atoms with Crippen molar-refractivity contribution in [2.75, 3.05) is 4.90 Å². The quantitative estimate of drug-likeness (QED) is 0.161. The zero-order valence-corrected chi connectivity index (χ0v) is 49.1. The van der Waals surface area contributed by atoms with Crippen LogP contribution in [0.15, 0.2) is 181 Å². The Morgan fingerprint density at radius 2 is 0.875 bits per heavy atom. The molecule has 0 bridgehead atoms. The van der Waals surface area contributed by atoms with Crippen LogP contribution in [0.4, 0.5) is 11.4 Å². The van der Waals surface area contributed by atoms with Crippen LogP contribution in [0.1, 0.15) is 130 Å². The lowest BCUT2D eigenvalue weighted by Crippen LogP contribution is -2.56. The van der Waals surface area contributed by atoms with Crippen molar-refractivity contribution < 1.29 is 0 Å². The molecule has 0 N–H and O–H groups in total. The highest BCUT2D eigenvalue weighted by Crippen LogP contribution is 2.57. The fraction of sp³-hybridized carbons (Fsp3) is 0.253. The van der Waals surface area contributed by atoms with Crippen molar-refractivity contribution in [3.8, 4) is 17.1 Å². The Bertz CT molecular complexity index is 4620. The molecule has 0 unspecified atom stereocenters. The van der Waals surface area contributed by atoms with Crippen LogP contribution in [0.2, 0.25) is 0 Å². The molecule has 0 atom stereocenters. The molecule has 0 saturated heterocycles. The molecule has 80 heavy (non-hydrogen) atoms. The van der Waals surface area contributed by atoms with E-state index in [0.717, 1.165) is 11.4 Å². The fourth-order valence-electron chi connectivity index (χ4n) is 14.6. The van der Waals surface area contributed by atoms with E-state index in [-0.39, 0.29) is 33.8 Å². The molecule has 394 valence electrons. The summed E-state index contributed by atoms with van der Waals surface area (Å²) in [5, 5.41) is 7.64. The second kappa shape index (κ2) is 16.1. The van der Waals surface area contributed by atoms with Crippen molar-refractivity contribution in [2.24, 2.45) is 0 Å². The van der Waals surface area contributed by atoms with Crippen molar-refractivity contribution >= 4 is 100 Å². The third-order valence-corrected chi connectivity index (χ3v) is 18.8. The second-order valence-corrected chi connectivity index (χ2v) is 28.3. The van der Waals surface area contributed by atoms with Crippen LogP contribution in [-0.4, -0.2) is 20.4 Å². The van der Waals surface area contributed by atoms with Gasteiger partial charge in [-0.3, -0.25) is 0 Å². The van der Waals surface area contributed by atoms with Gasteiger partial charge in [0, 0.05) is 77.3 Å². The molecule has 3 aliphatic rings. The van der Waals surface area contributed by atoms with E-state index < -0.39 is 0 Å². The summed E-state index contributed by atoms with van der Waals surface area (Å²) in [6, 6.07) is 68.8. The zero-order chi connectivity index (χ0) is 55.5. The molecule has 12 aromatic rings. The minimum absolute atomic E-state index is 0.00699. The lowest BCUT2D eigenvalue weighted by atomic mass is 9.30. The molecule has 2 aliphatic heterocycles. The normalized spacial score (nSPS) is 15.1. The van der Waals surface area contributed by atoms with Gasteiger partial charge in [-0.2, -0.15) is 0 Å². The number of hydrogen-bond donors (Lipinski definition) is 0. The standard InChI is InChI=1S/C75H71BN4/c1-71(2,3)44-27-32-49(33-28-44)79-63-42-50(77-61-37-30-46(73(7,8)9)39-55(61)56-40-47(74(10,11)12)31-38-62(56)77)43-64-65(63)76(70-69(79)57-41-45(72(4,5)6)29-36-58(57)75(70,13)14)59-25-20-24-52-54-35-34-53-51-23-18-19-26-60(51)78(48-21-16-15-17-22-48)67(53)68(54)80(64)66(52)59/h15-43H,1-14H3. The highest BCUT2D eigenvalue weighted by Gasteiger charge is 2.53. The molecule has 5 heterocycles. The van der Waals surface area contributed by atoms with Crippen LogP contribution < -0.4 is 15.8 Å². The summed E-state index contributed by atoms with van der Waals surface area (Å²) in [4.78, 5) is 2.71. The van der Waals surface area contributed by atoms with E-state index >= 15 is 0 Å². The summed E-state index contributed by atoms with van der Waals surface area (Å²) in [6.45, 7) is 33.1. The highest BCUT2D eigenvalue weighted by molar-refractivity contribution is 6.96. The van der Waals surface area contributed by atoms with Crippen molar-refractivity contribution in [3.63, 3.8) is 0 Å². The van der Waals surface area contributed by atoms with E-state index in [2.05, 4.69) is 291 Å². The van der Waals surface area contributed by atoms with Gasteiger partial charge in [-0.1, -0.05) is 206 Å². The van der Waals surface area contributed by atoms with E-state index in [9.17, 15) is 0 Å². The highest BCUT2D eigenvalue weighted by atomic mass is 15.2. The first kappa shape index (κ1) is 49.1. The summed E-state index contributed by atoms with van der Waals surface area (Å²) >= 11 is 0. The van der Waals surface area contributed by atoms with Gasteiger partial charge < -0.3 is 18.6 Å². The molecule has 0 radical (unpaired) electrons. The van der Waals surface area contributed by atoms with Crippen LogP contribution in [0, 0.1) is 0 Å². The number of allylic oxidation sites excluding steroid dienone is 1. The molecule has 0 amide bonds. The summed E-state index contributed by atoms with van der Waals surface area (Å²) in [5.41, 5.74) is 26.5. The maximum atomic E-state index is 2.72. The molecule has 0 spiro atoms. The Hall–Kier alpha value is -8.02. The third kappa shape index (κ3) is 6.70. The van der Waals surface area contributed by atoms with Gasteiger partial charge in [0.15, 0.2) is 0 Å².